The number of ether oxygens (including phenoxy) is 1. The van der Waals surface area contributed by atoms with Gasteiger partial charge < -0.3 is 15.8 Å². The van der Waals surface area contributed by atoms with Crippen molar-refractivity contribution in [1.82, 2.24) is 5.32 Å². The first-order chi connectivity index (χ1) is 20.8. The first-order valence-electron chi connectivity index (χ1n) is 13.2. The molecule has 0 unspecified atom stereocenters. The summed E-state index contributed by atoms with van der Waals surface area (Å²) in [6.07, 6.45) is -22.7. The summed E-state index contributed by atoms with van der Waals surface area (Å²) in [6, 6.07) is 11.3. The van der Waals surface area contributed by atoms with Crippen LogP contribution >= 0.6 is 0 Å². The summed E-state index contributed by atoms with van der Waals surface area (Å²) in [5, 5.41) is 1.98. The molecule has 2 aromatic carbocycles. The number of nitrogens with zero attached hydrogens (tertiary/aromatic N) is 2. The lowest BCUT2D eigenvalue weighted by Gasteiger charge is -2.29. The fourth-order valence-corrected chi connectivity index (χ4v) is 4.79. The number of benzene rings is 2. The van der Waals surface area contributed by atoms with E-state index < -0.39 is 86.5 Å². The van der Waals surface area contributed by atoms with E-state index in [9.17, 15) is 53.9 Å². The Balaban J connectivity index is 2.15. The van der Waals surface area contributed by atoms with Gasteiger partial charge in [0.25, 0.3) is 5.91 Å². The Labute approximate surface area is 250 Å². The van der Waals surface area contributed by atoms with Crippen molar-refractivity contribution in [3.05, 3.63) is 59.7 Å². The molecule has 0 aromatic heterocycles. The lowest BCUT2D eigenvalue weighted by molar-refractivity contribution is -0.152. The molecule has 0 spiro atoms. The molecule has 3 atom stereocenters. The van der Waals surface area contributed by atoms with Gasteiger partial charge in [-0.15, -0.1) is 0 Å². The molecule has 1 aliphatic rings. The second-order valence-electron chi connectivity index (χ2n) is 10.1. The van der Waals surface area contributed by atoms with E-state index >= 15 is 0 Å². The number of amides is 3. The van der Waals surface area contributed by atoms with Gasteiger partial charge in [0, 0.05) is 35.8 Å². The molecule has 8 nitrogen and oxygen atoms in total. The number of alkyl halides is 9. The normalized spacial score (nSPS) is 17.1. The summed E-state index contributed by atoms with van der Waals surface area (Å²) >= 11 is 0. The van der Waals surface area contributed by atoms with E-state index in [-0.39, 0.29) is 33.2 Å². The molecule has 1 aliphatic heterocycles. The maximum absolute atomic E-state index is 13.7. The van der Waals surface area contributed by atoms with Crippen LogP contribution in [0.1, 0.15) is 36.8 Å². The van der Waals surface area contributed by atoms with Crippen LogP contribution in [0.15, 0.2) is 53.5 Å². The number of hydrogen-bond donors (Lipinski definition) is 2. The van der Waals surface area contributed by atoms with E-state index in [1.54, 1.807) is 6.07 Å². The molecular weight excluding hydrogens is 627 g/mol. The average molecular weight is 655 g/mol. The summed E-state index contributed by atoms with van der Waals surface area (Å²) in [4.78, 5) is 43.6. The van der Waals surface area contributed by atoms with Gasteiger partial charge in [-0.3, -0.25) is 19.3 Å². The lowest BCUT2D eigenvalue weighted by atomic mass is 9.83. The first-order valence-corrected chi connectivity index (χ1v) is 13.2. The number of hydrogen-bond acceptors (Lipinski definition) is 5. The third-order valence-electron chi connectivity index (χ3n) is 6.84. The molecule has 17 heteroatoms. The number of carbonyl (C=O) groups excluding carboxylic acids is 3. The van der Waals surface area contributed by atoms with E-state index in [4.69, 9.17) is 10.5 Å². The zero-order chi connectivity index (χ0) is 33.7. The maximum atomic E-state index is 13.7. The van der Waals surface area contributed by atoms with Crippen LogP contribution in [0.2, 0.25) is 0 Å². The number of benzodiazepines with no additional fused rings is 1. The maximum Gasteiger partial charge on any atom is 0.406 e. The standard InChI is InChI=1S/C28H27F9N4O4/c1-45-16-7-8-20-19(13-16)21(15-5-3-2-4-6-15)39-23(25(44)41(20)14-28(35,36)37)40-24(43)18(10-12-27(32,33)34)17(22(38)42)9-11-26(29,30)31/h2-8,13,17-18,23H,9-12,14H2,1H3,(H2,38,42)(H,40,43)/t17-,18+,23-/m1/s1. The Morgan fingerprint density at radius 2 is 1.49 bits per heavy atom. The van der Waals surface area contributed by atoms with Gasteiger partial charge in [0.2, 0.25) is 18.0 Å². The van der Waals surface area contributed by atoms with Crippen LogP contribution in [0.3, 0.4) is 0 Å². The molecule has 2 aromatic rings. The van der Waals surface area contributed by atoms with Crippen molar-refractivity contribution >= 4 is 29.1 Å². The number of rotatable bonds is 11. The monoisotopic (exact) mass is 654 g/mol. The molecule has 1 heterocycles. The lowest BCUT2D eigenvalue weighted by Crippen LogP contribution is -2.52. The molecule has 45 heavy (non-hydrogen) atoms. The second-order valence-corrected chi connectivity index (χ2v) is 10.1. The number of nitrogens with one attached hydrogen (secondary N) is 1. The topological polar surface area (TPSA) is 114 Å². The summed E-state index contributed by atoms with van der Waals surface area (Å²) in [5.74, 6) is -8.56. The van der Waals surface area contributed by atoms with Crippen molar-refractivity contribution in [1.29, 1.82) is 0 Å². The van der Waals surface area contributed by atoms with Gasteiger partial charge in [-0.1, -0.05) is 30.3 Å². The highest BCUT2D eigenvalue weighted by atomic mass is 19.4. The zero-order valence-corrected chi connectivity index (χ0v) is 23.4. The number of nitrogens with two attached hydrogens (primary N) is 1. The van der Waals surface area contributed by atoms with E-state index in [1.807, 2.05) is 5.32 Å². The van der Waals surface area contributed by atoms with Crippen LogP contribution in [-0.4, -0.2) is 61.8 Å². The number of carbonyl (C=O) groups is 3. The molecule has 0 radical (unpaired) electrons. The second kappa shape index (κ2) is 13.8. The number of anilines is 1. The number of methoxy groups -OCH3 is 1. The van der Waals surface area contributed by atoms with Crippen LogP contribution in [0.4, 0.5) is 45.2 Å². The average Bonchev–Trinajstić information content (AvgIpc) is 3.03. The van der Waals surface area contributed by atoms with Crippen LogP contribution in [0.25, 0.3) is 0 Å². The fraction of sp³-hybridized carbons (Fsp3) is 0.429. The predicted octanol–water partition coefficient (Wildman–Crippen LogP) is 5.29. The number of halogens is 9. The molecule has 3 amide bonds. The molecule has 0 saturated carbocycles. The fourth-order valence-electron chi connectivity index (χ4n) is 4.79. The van der Waals surface area contributed by atoms with Crippen LogP contribution in [-0.2, 0) is 14.4 Å². The van der Waals surface area contributed by atoms with E-state index in [0.29, 0.717) is 0 Å². The minimum Gasteiger partial charge on any atom is -0.497 e. The minimum atomic E-state index is -4.98. The molecule has 0 aliphatic carbocycles. The molecule has 3 rings (SSSR count). The largest absolute Gasteiger partial charge is 0.497 e. The smallest absolute Gasteiger partial charge is 0.406 e. The van der Waals surface area contributed by atoms with Crippen molar-refractivity contribution in [2.24, 2.45) is 22.6 Å². The van der Waals surface area contributed by atoms with Crippen molar-refractivity contribution in [3.63, 3.8) is 0 Å². The summed E-state index contributed by atoms with van der Waals surface area (Å²) in [5.41, 5.74) is 4.99. The SMILES string of the molecule is COc1ccc2c(c1)C(c1ccccc1)=N[C@H](NC(=O)[C@@H](CCC(F)(F)F)[C@@H](CCC(F)(F)F)C(N)=O)C(=O)N2CC(F)(F)F. The first kappa shape index (κ1) is 35.2. The van der Waals surface area contributed by atoms with Gasteiger partial charge in [0.05, 0.1) is 18.5 Å². The Morgan fingerprint density at radius 1 is 0.911 bits per heavy atom. The molecular formula is C28H27F9N4O4. The van der Waals surface area contributed by atoms with Gasteiger partial charge in [-0.05, 0) is 31.0 Å². The quantitative estimate of drug-likeness (QED) is 0.321. The zero-order valence-electron chi connectivity index (χ0n) is 23.4. The summed E-state index contributed by atoms with van der Waals surface area (Å²) in [6.45, 7) is -1.87. The van der Waals surface area contributed by atoms with Gasteiger partial charge in [0.15, 0.2) is 0 Å². The molecule has 3 N–H and O–H groups in total. The highest BCUT2D eigenvalue weighted by molar-refractivity contribution is 6.20. The molecule has 246 valence electrons. The highest BCUT2D eigenvalue weighted by Crippen LogP contribution is 2.35. The van der Waals surface area contributed by atoms with Crippen LogP contribution in [0, 0.1) is 11.8 Å². The predicted molar refractivity (Wildman–Crippen MR) is 142 cm³/mol. The van der Waals surface area contributed by atoms with Crippen molar-refractivity contribution in [2.45, 2.75) is 50.4 Å². The number of primary amides is 1. The number of fused-ring (bicyclic) bond motifs is 1. The highest BCUT2D eigenvalue weighted by Gasteiger charge is 2.43. The third-order valence-corrected chi connectivity index (χ3v) is 6.84. The van der Waals surface area contributed by atoms with Gasteiger partial charge in [0.1, 0.15) is 12.3 Å². The molecule has 0 saturated heterocycles. The van der Waals surface area contributed by atoms with Crippen molar-refractivity contribution in [2.75, 3.05) is 18.6 Å². The van der Waals surface area contributed by atoms with Crippen molar-refractivity contribution in [3.8, 4) is 5.75 Å². The van der Waals surface area contributed by atoms with Gasteiger partial charge in [-0.2, -0.15) is 39.5 Å². The van der Waals surface area contributed by atoms with Gasteiger partial charge >= 0.3 is 18.5 Å². The molecule has 0 bridgehead atoms. The van der Waals surface area contributed by atoms with E-state index in [2.05, 4.69) is 4.99 Å². The van der Waals surface area contributed by atoms with E-state index in [1.165, 1.54) is 43.5 Å². The number of aliphatic imine (C=N–C) groups is 1. The summed E-state index contributed by atoms with van der Waals surface area (Å²) < 4.78 is 125. The van der Waals surface area contributed by atoms with Crippen LogP contribution in [0.5, 0.6) is 5.75 Å². The third kappa shape index (κ3) is 9.84. The Hall–Kier alpha value is -4.31. The molecule has 0 fully saturated rings. The Morgan fingerprint density at radius 3 is 2.00 bits per heavy atom. The summed E-state index contributed by atoms with van der Waals surface area (Å²) in [7, 11) is 1.27. The Kier molecular flexibility index (Phi) is 10.8. The Bertz CT molecular complexity index is 1410. The minimum absolute atomic E-state index is 0.0382. The van der Waals surface area contributed by atoms with Gasteiger partial charge in [-0.25, -0.2) is 4.99 Å². The van der Waals surface area contributed by atoms with E-state index in [0.717, 1.165) is 6.07 Å². The van der Waals surface area contributed by atoms with Crippen molar-refractivity contribution < 1.29 is 58.6 Å². The van der Waals surface area contributed by atoms with Crippen LogP contribution < -0.4 is 20.7 Å².